The summed E-state index contributed by atoms with van der Waals surface area (Å²) in [7, 11) is 0. The molecule has 3 aromatic rings. The van der Waals surface area contributed by atoms with Crippen LogP contribution in [-0.2, 0) is 4.79 Å². The highest BCUT2D eigenvalue weighted by Gasteiger charge is 2.30. The van der Waals surface area contributed by atoms with Crippen LogP contribution in [-0.4, -0.2) is 5.91 Å². The van der Waals surface area contributed by atoms with Crippen LogP contribution in [0.15, 0.2) is 95.0 Å². The molecule has 2 nitrogen and oxygen atoms in total. The first-order chi connectivity index (χ1) is 13.1. The summed E-state index contributed by atoms with van der Waals surface area (Å²) in [5.74, 6) is -0.0538. The Bertz CT molecular complexity index is 1060. The highest BCUT2D eigenvalue weighted by molar-refractivity contribution is 9.10. The van der Waals surface area contributed by atoms with E-state index in [0.717, 1.165) is 27.0 Å². The zero-order valence-corrected chi connectivity index (χ0v) is 16.6. The maximum Gasteiger partial charge on any atom is 0.262 e. The van der Waals surface area contributed by atoms with E-state index in [9.17, 15) is 4.79 Å². The van der Waals surface area contributed by atoms with E-state index in [1.807, 2.05) is 91.0 Å². The van der Waals surface area contributed by atoms with Gasteiger partial charge in [0, 0.05) is 15.1 Å². The second-order valence-corrected chi connectivity index (χ2v) is 7.52. The molecule has 1 amide bonds. The van der Waals surface area contributed by atoms with Gasteiger partial charge in [0.1, 0.15) is 0 Å². The molecule has 0 fully saturated rings. The third-order valence-corrected chi connectivity index (χ3v) is 5.06. The second kappa shape index (κ2) is 7.55. The molecular formula is C23H15BrClNO. The standard InChI is InChI=1S/C23H15BrClNO/c24-19-7-4-8-21(15-19)26-22(17-5-2-1-3-6-17)14-18(23(26)27)13-16-9-11-20(25)12-10-16/h1-15H. The Labute approximate surface area is 171 Å². The van der Waals surface area contributed by atoms with Crippen molar-refractivity contribution in [2.75, 3.05) is 4.90 Å². The normalized spacial score (nSPS) is 15.3. The fraction of sp³-hybridized carbons (Fsp3) is 0. The lowest BCUT2D eigenvalue weighted by Gasteiger charge is -2.21. The Kier molecular flexibility index (Phi) is 4.97. The number of benzene rings is 3. The summed E-state index contributed by atoms with van der Waals surface area (Å²) in [6.07, 6.45) is 3.83. The number of carbonyl (C=O) groups excluding carboxylic acids is 1. The molecule has 4 rings (SSSR count). The largest absolute Gasteiger partial charge is 0.276 e. The van der Waals surface area contributed by atoms with Crippen LogP contribution in [0, 0.1) is 0 Å². The van der Waals surface area contributed by atoms with Crippen molar-refractivity contribution in [1.82, 2.24) is 0 Å². The zero-order valence-electron chi connectivity index (χ0n) is 14.3. The number of hydrogen-bond donors (Lipinski definition) is 0. The molecule has 1 aliphatic heterocycles. The van der Waals surface area contributed by atoms with E-state index in [4.69, 9.17) is 11.6 Å². The van der Waals surface area contributed by atoms with Gasteiger partial charge in [0.15, 0.2) is 0 Å². The number of anilines is 1. The van der Waals surface area contributed by atoms with Crippen molar-refractivity contribution in [3.63, 3.8) is 0 Å². The van der Waals surface area contributed by atoms with Gasteiger partial charge in [-0.25, -0.2) is 0 Å². The average molecular weight is 437 g/mol. The minimum Gasteiger partial charge on any atom is -0.276 e. The lowest BCUT2D eigenvalue weighted by Crippen LogP contribution is -2.24. The van der Waals surface area contributed by atoms with Crippen molar-refractivity contribution in [3.05, 3.63) is 111 Å². The van der Waals surface area contributed by atoms with Gasteiger partial charge in [-0.05, 0) is 53.6 Å². The van der Waals surface area contributed by atoms with Gasteiger partial charge in [0.2, 0.25) is 0 Å². The van der Waals surface area contributed by atoms with Crippen LogP contribution in [0.5, 0.6) is 0 Å². The molecule has 0 aromatic heterocycles. The van der Waals surface area contributed by atoms with Crippen LogP contribution in [0.3, 0.4) is 0 Å². The molecule has 0 bridgehead atoms. The summed E-state index contributed by atoms with van der Waals surface area (Å²) < 4.78 is 0.926. The molecule has 27 heavy (non-hydrogen) atoms. The number of carbonyl (C=O) groups is 1. The van der Waals surface area contributed by atoms with Crippen LogP contribution in [0.25, 0.3) is 11.8 Å². The van der Waals surface area contributed by atoms with E-state index in [1.54, 1.807) is 4.90 Å². The smallest absolute Gasteiger partial charge is 0.262 e. The Morgan fingerprint density at radius 3 is 2.33 bits per heavy atom. The van der Waals surface area contributed by atoms with Gasteiger partial charge in [0.25, 0.3) is 5.91 Å². The second-order valence-electron chi connectivity index (χ2n) is 6.17. The molecule has 0 atom stereocenters. The highest BCUT2D eigenvalue weighted by Crippen LogP contribution is 2.36. The molecule has 0 spiro atoms. The van der Waals surface area contributed by atoms with Gasteiger partial charge >= 0.3 is 0 Å². The van der Waals surface area contributed by atoms with Crippen LogP contribution in [0.4, 0.5) is 5.69 Å². The van der Waals surface area contributed by atoms with Crippen molar-refractivity contribution in [1.29, 1.82) is 0 Å². The lowest BCUT2D eigenvalue weighted by atomic mass is 10.1. The summed E-state index contributed by atoms with van der Waals surface area (Å²) in [6.45, 7) is 0. The molecule has 1 aliphatic rings. The highest BCUT2D eigenvalue weighted by atomic mass is 79.9. The van der Waals surface area contributed by atoms with Crippen molar-refractivity contribution in [3.8, 4) is 0 Å². The molecule has 0 aliphatic carbocycles. The van der Waals surface area contributed by atoms with Gasteiger partial charge in [-0.1, -0.05) is 76.1 Å². The van der Waals surface area contributed by atoms with Crippen molar-refractivity contribution < 1.29 is 4.79 Å². The van der Waals surface area contributed by atoms with Crippen LogP contribution in [0.2, 0.25) is 5.02 Å². The molecule has 132 valence electrons. The first-order valence-electron chi connectivity index (χ1n) is 8.46. The Morgan fingerprint density at radius 2 is 1.63 bits per heavy atom. The quantitative estimate of drug-likeness (QED) is 0.425. The third kappa shape index (κ3) is 3.75. The molecule has 4 heteroatoms. The summed E-state index contributed by atoms with van der Waals surface area (Å²) in [5, 5.41) is 0.672. The number of halogens is 2. The average Bonchev–Trinajstić information content (AvgIpc) is 3.01. The molecule has 0 saturated heterocycles. The van der Waals surface area contributed by atoms with E-state index in [0.29, 0.717) is 10.6 Å². The Hall–Kier alpha value is -2.62. The predicted octanol–water partition coefficient (Wildman–Crippen LogP) is 6.57. The molecule has 3 aromatic carbocycles. The van der Waals surface area contributed by atoms with Gasteiger partial charge in [-0.3, -0.25) is 9.69 Å². The van der Waals surface area contributed by atoms with Crippen LogP contribution in [0.1, 0.15) is 11.1 Å². The van der Waals surface area contributed by atoms with E-state index >= 15 is 0 Å². The van der Waals surface area contributed by atoms with Gasteiger partial charge < -0.3 is 0 Å². The van der Waals surface area contributed by atoms with Gasteiger partial charge in [-0.15, -0.1) is 0 Å². The molecule has 1 heterocycles. The molecular weight excluding hydrogens is 422 g/mol. The Morgan fingerprint density at radius 1 is 0.889 bits per heavy atom. The Balaban J connectivity index is 1.82. The molecule has 0 unspecified atom stereocenters. The van der Waals surface area contributed by atoms with Crippen LogP contribution >= 0.6 is 27.5 Å². The number of nitrogens with zero attached hydrogens (tertiary/aromatic N) is 1. The maximum atomic E-state index is 13.2. The fourth-order valence-corrected chi connectivity index (χ4v) is 3.56. The molecule has 0 N–H and O–H groups in total. The van der Waals surface area contributed by atoms with Crippen molar-refractivity contribution in [2.45, 2.75) is 0 Å². The molecule has 0 saturated carbocycles. The summed E-state index contributed by atoms with van der Waals surface area (Å²) in [5.41, 5.74) is 4.24. The van der Waals surface area contributed by atoms with E-state index in [2.05, 4.69) is 15.9 Å². The van der Waals surface area contributed by atoms with Crippen molar-refractivity contribution >= 4 is 50.9 Å². The lowest BCUT2D eigenvalue weighted by molar-refractivity contribution is -0.113. The maximum absolute atomic E-state index is 13.2. The van der Waals surface area contributed by atoms with Gasteiger partial charge in [0.05, 0.1) is 11.4 Å². The summed E-state index contributed by atoms with van der Waals surface area (Å²) in [4.78, 5) is 15.0. The first-order valence-corrected chi connectivity index (χ1v) is 9.63. The van der Waals surface area contributed by atoms with Gasteiger partial charge in [-0.2, -0.15) is 0 Å². The van der Waals surface area contributed by atoms with E-state index < -0.39 is 0 Å². The monoisotopic (exact) mass is 435 g/mol. The minimum absolute atomic E-state index is 0.0538. The third-order valence-electron chi connectivity index (χ3n) is 4.31. The first kappa shape index (κ1) is 17.8. The van der Waals surface area contributed by atoms with E-state index in [-0.39, 0.29) is 5.91 Å². The summed E-state index contributed by atoms with van der Waals surface area (Å²) in [6, 6.07) is 25.1. The van der Waals surface area contributed by atoms with Crippen molar-refractivity contribution in [2.24, 2.45) is 0 Å². The van der Waals surface area contributed by atoms with Crippen LogP contribution < -0.4 is 4.90 Å². The topological polar surface area (TPSA) is 20.3 Å². The van der Waals surface area contributed by atoms with E-state index in [1.165, 1.54) is 0 Å². The SMILES string of the molecule is O=C1C(=Cc2ccc(Cl)cc2)C=C(c2ccccc2)N1c1cccc(Br)c1. The predicted molar refractivity (Wildman–Crippen MR) is 115 cm³/mol. The number of rotatable bonds is 3. The minimum atomic E-state index is -0.0538. The number of hydrogen-bond acceptors (Lipinski definition) is 1. The fourth-order valence-electron chi connectivity index (χ4n) is 3.05. The summed E-state index contributed by atoms with van der Waals surface area (Å²) >= 11 is 9.46. The number of amides is 1. The molecule has 0 radical (unpaired) electrons. The zero-order chi connectivity index (χ0) is 18.8.